The lowest BCUT2D eigenvalue weighted by Gasteiger charge is -1.97. The van der Waals surface area contributed by atoms with Crippen LogP contribution in [0.5, 0.6) is 0 Å². The first-order valence-corrected chi connectivity index (χ1v) is 5.74. The van der Waals surface area contributed by atoms with Crippen LogP contribution in [0.2, 0.25) is 0 Å². The van der Waals surface area contributed by atoms with Crippen molar-refractivity contribution in [3.8, 4) is 0 Å². The molecule has 0 aliphatic carbocycles. The van der Waals surface area contributed by atoms with Gasteiger partial charge in [0.1, 0.15) is 0 Å². The summed E-state index contributed by atoms with van der Waals surface area (Å²) in [5.41, 5.74) is 2.46. The fraction of sp³-hybridized carbons (Fsp3) is 0.250. The van der Waals surface area contributed by atoms with Crippen molar-refractivity contribution >= 4 is 6.08 Å². The van der Waals surface area contributed by atoms with Crippen LogP contribution in [-0.4, -0.2) is 0 Å². The zero-order chi connectivity index (χ0) is 12.2. The highest BCUT2D eigenvalue weighted by Crippen LogP contribution is 2.09. The summed E-state index contributed by atoms with van der Waals surface area (Å²) >= 11 is 0. The number of benzene rings is 1. The van der Waals surface area contributed by atoms with E-state index in [0.717, 1.165) is 6.42 Å². The van der Waals surface area contributed by atoms with E-state index in [1.165, 1.54) is 24.0 Å². The summed E-state index contributed by atoms with van der Waals surface area (Å²) in [4.78, 5) is 0. The SMILES string of the molecule is C=C.C=C(/C=C/c1ccccc1)CCCC. The summed E-state index contributed by atoms with van der Waals surface area (Å²) in [6.45, 7) is 12.2. The van der Waals surface area contributed by atoms with Gasteiger partial charge in [-0.2, -0.15) is 0 Å². The Balaban J connectivity index is 0.00000106. The standard InChI is InChI=1S/C14H18.C2H4/c1-3-4-8-13(2)11-12-14-9-6-5-7-10-14;1-2/h5-7,9-12H,2-4,8H2,1H3;1-2H2/b12-11+;. The number of hydrogen-bond acceptors (Lipinski definition) is 0. The Morgan fingerprint density at radius 1 is 1.19 bits per heavy atom. The van der Waals surface area contributed by atoms with Crippen LogP contribution in [0.3, 0.4) is 0 Å². The maximum Gasteiger partial charge on any atom is -0.0257 e. The first kappa shape index (κ1) is 14.4. The number of unbranched alkanes of at least 4 members (excludes halogenated alkanes) is 1. The predicted molar refractivity (Wildman–Crippen MR) is 75.4 cm³/mol. The van der Waals surface area contributed by atoms with Gasteiger partial charge in [0.05, 0.1) is 0 Å². The van der Waals surface area contributed by atoms with E-state index in [9.17, 15) is 0 Å². The van der Waals surface area contributed by atoms with Crippen molar-refractivity contribution in [1.82, 2.24) is 0 Å². The van der Waals surface area contributed by atoms with Crippen LogP contribution >= 0.6 is 0 Å². The molecule has 0 heterocycles. The fourth-order valence-electron chi connectivity index (χ4n) is 1.27. The topological polar surface area (TPSA) is 0 Å². The molecule has 0 amide bonds. The molecule has 0 spiro atoms. The van der Waals surface area contributed by atoms with Crippen LogP contribution in [0.15, 0.2) is 61.7 Å². The third kappa shape index (κ3) is 6.83. The van der Waals surface area contributed by atoms with Crippen molar-refractivity contribution in [3.63, 3.8) is 0 Å². The van der Waals surface area contributed by atoms with Gasteiger partial charge in [-0.3, -0.25) is 0 Å². The zero-order valence-electron chi connectivity index (χ0n) is 10.3. The summed E-state index contributed by atoms with van der Waals surface area (Å²) in [6, 6.07) is 10.3. The van der Waals surface area contributed by atoms with Crippen molar-refractivity contribution in [3.05, 3.63) is 67.3 Å². The average Bonchev–Trinajstić information content (AvgIpc) is 2.37. The molecular weight excluding hydrogens is 192 g/mol. The highest BCUT2D eigenvalue weighted by Gasteiger charge is 1.88. The molecule has 0 aliphatic rings. The molecule has 1 aromatic carbocycles. The molecular formula is C16H22. The summed E-state index contributed by atoms with van der Waals surface area (Å²) in [6.07, 6.45) is 7.82. The monoisotopic (exact) mass is 214 g/mol. The van der Waals surface area contributed by atoms with Gasteiger partial charge in [-0.25, -0.2) is 0 Å². The third-order valence-corrected chi connectivity index (χ3v) is 2.16. The number of rotatable bonds is 5. The first-order valence-electron chi connectivity index (χ1n) is 5.74. The summed E-state index contributed by atoms with van der Waals surface area (Å²) < 4.78 is 0. The Bertz CT molecular complexity index is 306. The molecule has 0 saturated carbocycles. The lowest BCUT2D eigenvalue weighted by molar-refractivity contribution is 0.800. The van der Waals surface area contributed by atoms with Gasteiger partial charge >= 0.3 is 0 Å². The summed E-state index contributed by atoms with van der Waals surface area (Å²) in [7, 11) is 0. The number of hydrogen-bond donors (Lipinski definition) is 0. The Kier molecular flexibility index (Phi) is 9.00. The minimum Gasteiger partial charge on any atom is -0.106 e. The quantitative estimate of drug-likeness (QED) is 0.464. The van der Waals surface area contributed by atoms with E-state index in [-0.39, 0.29) is 0 Å². The second-order valence-electron chi connectivity index (χ2n) is 3.51. The van der Waals surface area contributed by atoms with Gasteiger partial charge in [0.2, 0.25) is 0 Å². The molecule has 0 heteroatoms. The predicted octanol–water partition coefficient (Wildman–Crippen LogP) is 5.25. The molecule has 0 aliphatic heterocycles. The van der Waals surface area contributed by atoms with E-state index in [0.29, 0.717) is 0 Å². The molecule has 0 fully saturated rings. The van der Waals surface area contributed by atoms with Crippen molar-refractivity contribution in [2.45, 2.75) is 26.2 Å². The van der Waals surface area contributed by atoms with E-state index < -0.39 is 0 Å². The first-order chi connectivity index (χ1) is 7.83. The van der Waals surface area contributed by atoms with E-state index >= 15 is 0 Å². The highest BCUT2D eigenvalue weighted by atomic mass is 13.9. The van der Waals surface area contributed by atoms with Crippen LogP contribution in [0.4, 0.5) is 0 Å². The normalized spacial score (nSPS) is 9.56. The van der Waals surface area contributed by atoms with E-state index in [4.69, 9.17) is 0 Å². The van der Waals surface area contributed by atoms with Gasteiger partial charge in [0.25, 0.3) is 0 Å². The van der Waals surface area contributed by atoms with E-state index in [1.54, 1.807) is 0 Å². The van der Waals surface area contributed by atoms with Gasteiger partial charge < -0.3 is 0 Å². The Labute approximate surface area is 100 Å². The molecule has 86 valence electrons. The molecule has 0 bridgehead atoms. The maximum atomic E-state index is 4.02. The largest absolute Gasteiger partial charge is 0.106 e. The van der Waals surface area contributed by atoms with Gasteiger partial charge in [0, 0.05) is 0 Å². The average molecular weight is 214 g/mol. The number of allylic oxidation sites excluding steroid dienone is 2. The molecule has 0 radical (unpaired) electrons. The van der Waals surface area contributed by atoms with Crippen molar-refractivity contribution in [1.29, 1.82) is 0 Å². The minimum atomic E-state index is 1.11. The van der Waals surface area contributed by atoms with Gasteiger partial charge in [-0.15, -0.1) is 13.2 Å². The van der Waals surface area contributed by atoms with Gasteiger partial charge in [0.15, 0.2) is 0 Å². The summed E-state index contributed by atoms with van der Waals surface area (Å²) in [5, 5.41) is 0. The van der Waals surface area contributed by atoms with Crippen LogP contribution in [0.1, 0.15) is 31.7 Å². The van der Waals surface area contributed by atoms with Gasteiger partial charge in [-0.1, -0.05) is 68.0 Å². The Morgan fingerprint density at radius 3 is 2.38 bits per heavy atom. The molecule has 0 saturated heterocycles. The molecule has 1 rings (SSSR count). The molecule has 1 aromatic rings. The lowest BCUT2D eigenvalue weighted by Crippen LogP contribution is -1.76. The van der Waals surface area contributed by atoms with Crippen molar-refractivity contribution in [2.75, 3.05) is 0 Å². The zero-order valence-corrected chi connectivity index (χ0v) is 10.3. The molecule has 16 heavy (non-hydrogen) atoms. The molecule has 0 atom stereocenters. The van der Waals surface area contributed by atoms with Gasteiger partial charge in [-0.05, 0) is 18.4 Å². The lowest BCUT2D eigenvalue weighted by atomic mass is 10.1. The third-order valence-electron chi connectivity index (χ3n) is 2.16. The molecule has 0 nitrogen and oxygen atoms in total. The van der Waals surface area contributed by atoms with Crippen molar-refractivity contribution < 1.29 is 0 Å². The second kappa shape index (κ2) is 9.97. The maximum absolute atomic E-state index is 4.02. The second-order valence-corrected chi connectivity index (χ2v) is 3.51. The smallest absolute Gasteiger partial charge is 0.0257 e. The van der Waals surface area contributed by atoms with Crippen LogP contribution in [0, 0.1) is 0 Å². The minimum absolute atomic E-state index is 1.11. The molecule has 0 unspecified atom stereocenters. The van der Waals surface area contributed by atoms with E-state index in [2.05, 4.69) is 63.1 Å². The van der Waals surface area contributed by atoms with Crippen LogP contribution in [0.25, 0.3) is 6.08 Å². The van der Waals surface area contributed by atoms with Crippen molar-refractivity contribution in [2.24, 2.45) is 0 Å². The Morgan fingerprint density at radius 2 is 1.81 bits per heavy atom. The fourth-order valence-corrected chi connectivity index (χ4v) is 1.27. The van der Waals surface area contributed by atoms with Crippen LogP contribution in [-0.2, 0) is 0 Å². The highest BCUT2D eigenvalue weighted by molar-refractivity contribution is 5.52. The molecule has 0 aromatic heterocycles. The molecule has 0 N–H and O–H groups in total. The Hall–Kier alpha value is -1.56. The van der Waals surface area contributed by atoms with Crippen LogP contribution < -0.4 is 0 Å². The van der Waals surface area contributed by atoms with E-state index in [1.807, 2.05) is 6.07 Å². The summed E-state index contributed by atoms with van der Waals surface area (Å²) in [5.74, 6) is 0.